The van der Waals surface area contributed by atoms with E-state index in [2.05, 4.69) is 15.6 Å². The number of aryl methyl sites for hydroxylation is 3. The second kappa shape index (κ2) is 8.18. The highest BCUT2D eigenvalue weighted by molar-refractivity contribution is 6.08. The Morgan fingerprint density at radius 3 is 2.00 bits per heavy atom. The van der Waals surface area contributed by atoms with E-state index in [9.17, 15) is 18.4 Å². The minimum atomic E-state index is -0.898. The molecule has 0 bridgehead atoms. The smallest absolute Gasteiger partial charge is 0.257 e. The molecule has 0 atom stereocenters. The third-order valence-electron chi connectivity index (χ3n) is 4.36. The molecule has 2 amide bonds. The summed E-state index contributed by atoms with van der Waals surface area (Å²) < 4.78 is 26.7. The number of halogens is 2. The number of nitrogens with zero attached hydrogens (tertiary/aromatic N) is 1. The number of pyridine rings is 1. The highest BCUT2D eigenvalue weighted by Crippen LogP contribution is 2.23. The van der Waals surface area contributed by atoms with Crippen LogP contribution in [-0.2, 0) is 0 Å². The first-order valence-corrected chi connectivity index (χ1v) is 8.85. The van der Waals surface area contributed by atoms with Crippen molar-refractivity contribution in [2.24, 2.45) is 0 Å². The summed E-state index contributed by atoms with van der Waals surface area (Å²) in [5, 5.41) is 5.18. The van der Waals surface area contributed by atoms with E-state index in [1.807, 2.05) is 32.9 Å². The van der Waals surface area contributed by atoms with Crippen molar-refractivity contribution in [1.82, 2.24) is 4.98 Å². The number of amides is 2. The Labute approximate surface area is 166 Å². The van der Waals surface area contributed by atoms with Gasteiger partial charge in [-0.3, -0.25) is 14.6 Å². The van der Waals surface area contributed by atoms with Crippen molar-refractivity contribution in [2.75, 3.05) is 10.6 Å². The maximum absolute atomic E-state index is 13.7. The fourth-order valence-corrected chi connectivity index (χ4v) is 3.04. The number of carbonyl (C=O) groups excluding carboxylic acids is 2. The molecule has 3 aromatic rings. The van der Waals surface area contributed by atoms with Gasteiger partial charge in [-0.1, -0.05) is 17.7 Å². The predicted octanol–water partition coefficient (Wildman–Crippen LogP) is 4.79. The van der Waals surface area contributed by atoms with Crippen LogP contribution >= 0.6 is 0 Å². The lowest BCUT2D eigenvalue weighted by Crippen LogP contribution is -2.17. The highest BCUT2D eigenvalue weighted by atomic mass is 19.1. The largest absolute Gasteiger partial charge is 0.321 e. The standard InChI is InChI=1S/C22H19F2N3O2/c1-12-6-13(2)20(14(3)7-12)27-22(29)16-8-15(10-25-11-16)21(28)26-19-5-4-17(23)9-18(19)24/h4-11H,1-3H3,(H,26,28)(H,27,29). The van der Waals surface area contributed by atoms with Gasteiger partial charge < -0.3 is 10.6 Å². The maximum atomic E-state index is 13.7. The van der Waals surface area contributed by atoms with Gasteiger partial charge in [-0.05, 0) is 50.1 Å². The van der Waals surface area contributed by atoms with E-state index in [1.165, 1.54) is 18.5 Å². The molecule has 0 unspecified atom stereocenters. The summed E-state index contributed by atoms with van der Waals surface area (Å²) in [6, 6.07) is 8.11. The molecule has 0 aliphatic carbocycles. The molecule has 0 radical (unpaired) electrons. The molecule has 0 fully saturated rings. The maximum Gasteiger partial charge on any atom is 0.257 e. The molecule has 29 heavy (non-hydrogen) atoms. The van der Waals surface area contributed by atoms with Crippen molar-refractivity contribution in [1.29, 1.82) is 0 Å². The number of benzene rings is 2. The van der Waals surface area contributed by atoms with Gasteiger partial charge in [-0.15, -0.1) is 0 Å². The number of anilines is 2. The average Bonchev–Trinajstić information content (AvgIpc) is 2.66. The third kappa shape index (κ3) is 4.63. The number of nitrogens with one attached hydrogen (secondary N) is 2. The lowest BCUT2D eigenvalue weighted by molar-refractivity contribution is 0.102. The number of hydrogen-bond donors (Lipinski definition) is 2. The van der Waals surface area contributed by atoms with E-state index >= 15 is 0 Å². The van der Waals surface area contributed by atoms with Crippen LogP contribution in [0.2, 0.25) is 0 Å². The Balaban J connectivity index is 1.80. The van der Waals surface area contributed by atoms with E-state index in [4.69, 9.17) is 0 Å². The van der Waals surface area contributed by atoms with E-state index in [1.54, 1.807) is 0 Å². The van der Waals surface area contributed by atoms with Crippen LogP contribution in [0.25, 0.3) is 0 Å². The molecule has 0 aliphatic rings. The minimum absolute atomic E-state index is 0.0683. The molecule has 0 spiro atoms. The number of carbonyl (C=O) groups is 2. The third-order valence-corrected chi connectivity index (χ3v) is 4.36. The predicted molar refractivity (Wildman–Crippen MR) is 107 cm³/mol. The quantitative estimate of drug-likeness (QED) is 0.667. The van der Waals surface area contributed by atoms with Crippen molar-refractivity contribution in [2.45, 2.75) is 20.8 Å². The summed E-state index contributed by atoms with van der Waals surface area (Å²) in [5.41, 5.74) is 3.71. The summed E-state index contributed by atoms with van der Waals surface area (Å²) in [6.45, 7) is 5.77. The van der Waals surface area contributed by atoms with E-state index in [0.717, 1.165) is 28.8 Å². The SMILES string of the molecule is Cc1cc(C)c(NC(=O)c2cncc(C(=O)Nc3ccc(F)cc3F)c2)c(C)c1. The van der Waals surface area contributed by atoms with Crippen LogP contribution in [0.15, 0.2) is 48.8 Å². The van der Waals surface area contributed by atoms with Crippen molar-refractivity contribution < 1.29 is 18.4 Å². The van der Waals surface area contributed by atoms with Gasteiger partial charge in [0.05, 0.1) is 16.8 Å². The first-order valence-electron chi connectivity index (χ1n) is 8.85. The van der Waals surface area contributed by atoms with Gasteiger partial charge in [-0.2, -0.15) is 0 Å². The second-order valence-corrected chi connectivity index (χ2v) is 6.77. The van der Waals surface area contributed by atoms with Gasteiger partial charge in [-0.25, -0.2) is 8.78 Å². The van der Waals surface area contributed by atoms with Crippen LogP contribution in [0, 0.1) is 32.4 Å². The molecule has 148 valence electrons. The van der Waals surface area contributed by atoms with Gasteiger partial charge in [0, 0.05) is 24.1 Å². The first kappa shape index (κ1) is 20.1. The van der Waals surface area contributed by atoms with Gasteiger partial charge in [0.1, 0.15) is 11.6 Å². The fraction of sp³-hybridized carbons (Fsp3) is 0.136. The van der Waals surface area contributed by atoms with E-state index in [0.29, 0.717) is 11.8 Å². The molecule has 0 aliphatic heterocycles. The van der Waals surface area contributed by atoms with Crippen LogP contribution in [0.3, 0.4) is 0 Å². The number of aromatic nitrogens is 1. The molecule has 0 saturated heterocycles. The monoisotopic (exact) mass is 395 g/mol. The highest BCUT2D eigenvalue weighted by Gasteiger charge is 2.15. The zero-order valence-electron chi connectivity index (χ0n) is 16.1. The molecule has 1 aromatic heterocycles. The van der Waals surface area contributed by atoms with Crippen molar-refractivity contribution in [3.8, 4) is 0 Å². The summed E-state index contributed by atoms with van der Waals surface area (Å²) in [5.74, 6) is -2.73. The topological polar surface area (TPSA) is 71.1 Å². The Morgan fingerprint density at radius 2 is 1.41 bits per heavy atom. The number of hydrogen-bond acceptors (Lipinski definition) is 3. The molecule has 1 heterocycles. The van der Waals surface area contributed by atoms with Crippen LogP contribution in [0.5, 0.6) is 0 Å². The van der Waals surface area contributed by atoms with Crippen LogP contribution in [0.1, 0.15) is 37.4 Å². The molecule has 2 aromatic carbocycles. The van der Waals surface area contributed by atoms with Gasteiger partial charge in [0.15, 0.2) is 0 Å². The second-order valence-electron chi connectivity index (χ2n) is 6.77. The molecule has 0 saturated carbocycles. The summed E-state index contributed by atoms with van der Waals surface area (Å²) >= 11 is 0. The average molecular weight is 395 g/mol. The Kier molecular flexibility index (Phi) is 5.68. The molecule has 5 nitrogen and oxygen atoms in total. The molecule has 7 heteroatoms. The zero-order chi connectivity index (χ0) is 21.1. The van der Waals surface area contributed by atoms with Crippen molar-refractivity contribution in [3.63, 3.8) is 0 Å². The van der Waals surface area contributed by atoms with E-state index in [-0.39, 0.29) is 16.8 Å². The van der Waals surface area contributed by atoms with Gasteiger partial charge in [0.25, 0.3) is 11.8 Å². The van der Waals surface area contributed by atoms with Gasteiger partial charge >= 0.3 is 0 Å². The lowest BCUT2D eigenvalue weighted by atomic mass is 10.0. The summed E-state index contributed by atoms with van der Waals surface area (Å²) in [6.07, 6.45) is 2.60. The molecule has 3 rings (SSSR count). The summed E-state index contributed by atoms with van der Waals surface area (Å²) in [7, 11) is 0. The van der Waals surface area contributed by atoms with Crippen LogP contribution in [-0.4, -0.2) is 16.8 Å². The van der Waals surface area contributed by atoms with Crippen LogP contribution < -0.4 is 10.6 Å². The molecular formula is C22H19F2N3O2. The van der Waals surface area contributed by atoms with Crippen molar-refractivity contribution >= 4 is 23.2 Å². The van der Waals surface area contributed by atoms with Gasteiger partial charge in [0.2, 0.25) is 0 Å². The number of rotatable bonds is 4. The molecule has 2 N–H and O–H groups in total. The minimum Gasteiger partial charge on any atom is -0.321 e. The molecular weight excluding hydrogens is 376 g/mol. The van der Waals surface area contributed by atoms with Crippen molar-refractivity contribution in [3.05, 3.63) is 88.2 Å². The normalized spacial score (nSPS) is 10.5. The van der Waals surface area contributed by atoms with E-state index < -0.39 is 23.4 Å². The lowest BCUT2D eigenvalue weighted by Gasteiger charge is -2.13. The fourth-order valence-electron chi connectivity index (χ4n) is 3.04. The Bertz CT molecular complexity index is 1090. The Morgan fingerprint density at radius 1 is 0.828 bits per heavy atom. The summed E-state index contributed by atoms with van der Waals surface area (Å²) in [4.78, 5) is 29.0. The van der Waals surface area contributed by atoms with Crippen LogP contribution in [0.4, 0.5) is 20.2 Å². The Hall–Kier alpha value is -3.61. The first-order chi connectivity index (χ1) is 13.7. The zero-order valence-corrected chi connectivity index (χ0v) is 16.1.